The standard InChI is InChI=1S/C9H10N4O2/c1-5(2)13-7-6(3-4-10-12-7)11-8(13)9(14)15/h3-5H,1-2H3,(H,14,15). The number of carbonyl (C=O) groups is 1. The highest BCUT2D eigenvalue weighted by Gasteiger charge is 2.19. The molecule has 0 amide bonds. The van der Waals surface area contributed by atoms with E-state index in [1.54, 1.807) is 10.6 Å². The van der Waals surface area contributed by atoms with E-state index in [2.05, 4.69) is 15.2 Å². The molecule has 0 atom stereocenters. The summed E-state index contributed by atoms with van der Waals surface area (Å²) in [6.07, 6.45) is 1.49. The molecule has 0 saturated carbocycles. The van der Waals surface area contributed by atoms with Crippen molar-refractivity contribution in [2.24, 2.45) is 0 Å². The molecule has 2 heterocycles. The first-order valence-corrected chi connectivity index (χ1v) is 4.54. The molecule has 1 N–H and O–H groups in total. The largest absolute Gasteiger partial charge is 0.475 e. The third-order valence-electron chi connectivity index (χ3n) is 2.07. The Balaban J connectivity index is 2.80. The van der Waals surface area contributed by atoms with E-state index in [-0.39, 0.29) is 11.9 Å². The van der Waals surface area contributed by atoms with Crippen molar-refractivity contribution in [2.45, 2.75) is 19.9 Å². The molecule has 0 radical (unpaired) electrons. The Morgan fingerprint density at radius 3 is 2.87 bits per heavy atom. The molecule has 0 saturated heterocycles. The van der Waals surface area contributed by atoms with Crippen LogP contribution in [-0.4, -0.2) is 30.8 Å². The van der Waals surface area contributed by atoms with E-state index in [0.29, 0.717) is 11.2 Å². The molecule has 2 rings (SSSR count). The van der Waals surface area contributed by atoms with Crippen LogP contribution in [0.4, 0.5) is 0 Å². The van der Waals surface area contributed by atoms with Gasteiger partial charge in [0.2, 0.25) is 5.82 Å². The summed E-state index contributed by atoms with van der Waals surface area (Å²) in [6, 6.07) is 1.63. The van der Waals surface area contributed by atoms with E-state index in [1.165, 1.54) is 6.20 Å². The molecular formula is C9H10N4O2. The van der Waals surface area contributed by atoms with Gasteiger partial charge in [0.1, 0.15) is 5.52 Å². The first kappa shape index (κ1) is 9.57. The summed E-state index contributed by atoms with van der Waals surface area (Å²) in [5.74, 6) is -1.05. The summed E-state index contributed by atoms with van der Waals surface area (Å²) in [4.78, 5) is 15.0. The number of imidazole rings is 1. The molecular weight excluding hydrogens is 196 g/mol. The third kappa shape index (κ3) is 1.43. The highest BCUT2D eigenvalue weighted by molar-refractivity contribution is 5.88. The fourth-order valence-corrected chi connectivity index (χ4v) is 1.48. The highest BCUT2D eigenvalue weighted by Crippen LogP contribution is 2.17. The van der Waals surface area contributed by atoms with Gasteiger partial charge in [-0.3, -0.25) is 4.57 Å². The van der Waals surface area contributed by atoms with Crippen molar-refractivity contribution in [2.75, 3.05) is 0 Å². The lowest BCUT2D eigenvalue weighted by Gasteiger charge is -2.08. The van der Waals surface area contributed by atoms with Crippen molar-refractivity contribution in [3.05, 3.63) is 18.1 Å². The minimum absolute atomic E-state index is 0.000463. The summed E-state index contributed by atoms with van der Waals surface area (Å²) in [6.45, 7) is 3.75. The average Bonchev–Trinajstić information content (AvgIpc) is 2.56. The molecule has 0 aliphatic heterocycles. The monoisotopic (exact) mass is 206 g/mol. The summed E-state index contributed by atoms with van der Waals surface area (Å²) < 4.78 is 1.56. The van der Waals surface area contributed by atoms with Crippen LogP contribution in [0.15, 0.2) is 12.3 Å². The maximum atomic E-state index is 11.0. The molecule has 0 aliphatic rings. The van der Waals surface area contributed by atoms with Crippen LogP contribution in [0.2, 0.25) is 0 Å². The second-order valence-corrected chi connectivity index (χ2v) is 3.44. The van der Waals surface area contributed by atoms with Gasteiger partial charge >= 0.3 is 5.97 Å². The Labute approximate surface area is 85.6 Å². The zero-order valence-corrected chi connectivity index (χ0v) is 8.38. The molecule has 0 bridgehead atoms. The van der Waals surface area contributed by atoms with E-state index in [4.69, 9.17) is 5.11 Å². The normalized spacial score (nSPS) is 11.1. The summed E-state index contributed by atoms with van der Waals surface area (Å²) in [5.41, 5.74) is 1.06. The molecule has 6 heteroatoms. The van der Waals surface area contributed by atoms with E-state index >= 15 is 0 Å². The van der Waals surface area contributed by atoms with Gasteiger partial charge in [-0.25, -0.2) is 9.78 Å². The van der Waals surface area contributed by atoms with Crippen LogP contribution < -0.4 is 0 Å². The van der Waals surface area contributed by atoms with Crippen molar-refractivity contribution in [1.82, 2.24) is 19.7 Å². The van der Waals surface area contributed by atoms with Gasteiger partial charge in [0.05, 0.1) is 6.20 Å². The quantitative estimate of drug-likeness (QED) is 0.795. The molecule has 0 aromatic carbocycles. The van der Waals surface area contributed by atoms with E-state index in [1.807, 2.05) is 13.8 Å². The number of rotatable bonds is 2. The minimum Gasteiger partial charge on any atom is -0.475 e. The van der Waals surface area contributed by atoms with Gasteiger partial charge in [-0.2, -0.15) is 5.10 Å². The van der Waals surface area contributed by atoms with Gasteiger partial charge < -0.3 is 5.11 Å². The van der Waals surface area contributed by atoms with Crippen LogP contribution in [0.25, 0.3) is 11.2 Å². The zero-order chi connectivity index (χ0) is 11.0. The summed E-state index contributed by atoms with van der Waals surface area (Å²) in [7, 11) is 0. The number of carboxylic acid groups (broad SMARTS) is 1. The van der Waals surface area contributed by atoms with Gasteiger partial charge in [0.15, 0.2) is 5.65 Å². The topological polar surface area (TPSA) is 80.9 Å². The highest BCUT2D eigenvalue weighted by atomic mass is 16.4. The number of hydrogen-bond acceptors (Lipinski definition) is 4. The maximum Gasteiger partial charge on any atom is 0.372 e. The van der Waals surface area contributed by atoms with Gasteiger partial charge in [-0.1, -0.05) is 0 Å². The second-order valence-electron chi connectivity index (χ2n) is 3.44. The van der Waals surface area contributed by atoms with Gasteiger partial charge in [-0.15, -0.1) is 5.10 Å². The van der Waals surface area contributed by atoms with Crippen LogP contribution in [0.3, 0.4) is 0 Å². The summed E-state index contributed by atoms with van der Waals surface area (Å²) >= 11 is 0. The number of aromatic nitrogens is 4. The minimum atomic E-state index is -1.05. The molecule has 2 aromatic heterocycles. The molecule has 0 unspecified atom stereocenters. The van der Waals surface area contributed by atoms with Crippen LogP contribution >= 0.6 is 0 Å². The number of carboxylic acids is 1. The molecule has 0 aliphatic carbocycles. The third-order valence-corrected chi connectivity index (χ3v) is 2.07. The number of hydrogen-bond donors (Lipinski definition) is 1. The Kier molecular flexibility index (Phi) is 2.11. The van der Waals surface area contributed by atoms with Crippen LogP contribution in [0.5, 0.6) is 0 Å². The number of nitrogens with zero attached hydrogens (tertiary/aromatic N) is 4. The lowest BCUT2D eigenvalue weighted by atomic mass is 10.3. The average molecular weight is 206 g/mol. The van der Waals surface area contributed by atoms with Crippen LogP contribution in [0, 0.1) is 0 Å². The van der Waals surface area contributed by atoms with Crippen LogP contribution in [-0.2, 0) is 0 Å². The lowest BCUT2D eigenvalue weighted by Crippen LogP contribution is -2.12. The van der Waals surface area contributed by atoms with Crippen molar-refractivity contribution >= 4 is 17.1 Å². The Morgan fingerprint density at radius 2 is 2.27 bits per heavy atom. The van der Waals surface area contributed by atoms with Crippen molar-refractivity contribution in [1.29, 1.82) is 0 Å². The van der Waals surface area contributed by atoms with Crippen molar-refractivity contribution < 1.29 is 9.90 Å². The first-order chi connectivity index (χ1) is 7.11. The van der Waals surface area contributed by atoms with E-state index in [9.17, 15) is 4.79 Å². The Hall–Kier alpha value is -1.98. The van der Waals surface area contributed by atoms with Gasteiger partial charge in [0, 0.05) is 6.04 Å². The molecule has 78 valence electrons. The Bertz CT molecular complexity index is 518. The Morgan fingerprint density at radius 1 is 1.53 bits per heavy atom. The van der Waals surface area contributed by atoms with E-state index in [0.717, 1.165) is 0 Å². The predicted octanol–water partition coefficient (Wildman–Crippen LogP) is 1.11. The predicted molar refractivity (Wildman–Crippen MR) is 52.7 cm³/mol. The molecule has 6 nitrogen and oxygen atoms in total. The fourth-order valence-electron chi connectivity index (χ4n) is 1.48. The van der Waals surface area contributed by atoms with Crippen molar-refractivity contribution in [3.8, 4) is 0 Å². The second kappa shape index (κ2) is 3.30. The SMILES string of the molecule is CC(C)n1c(C(=O)O)nc2ccnnc21. The summed E-state index contributed by atoms with van der Waals surface area (Å²) in [5, 5.41) is 16.6. The molecule has 0 spiro atoms. The van der Waals surface area contributed by atoms with Crippen LogP contribution in [0.1, 0.15) is 30.5 Å². The number of aromatic carboxylic acids is 1. The van der Waals surface area contributed by atoms with E-state index < -0.39 is 5.97 Å². The fraction of sp³-hybridized carbons (Fsp3) is 0.333. The first-order valence-electron chi connectivity index (χ1n) is 4.54. The maximum absolute atomic E-state index is 11.0. The smallest absolute Gasteiger partial charge is 0.372 e. The van der Waals surface area contributed by atoms with Gasteiger partial charge in [-0.05, 0) is 19.9 Å². The number of fused-ring (bicyclic) bond motifs is 1. The van der Waals surface area contributed by atoms with Crippen molar-refractivity contribution in [3.63, 3.8) is 0 Å². The molecule has 0 fully saturated rings. The lowest BCUT2D eigenvalue weighted by molar-refractivity contribution is 0.0677. The molecule has 15 heavy (non-hydrogen) atoms. The van der Waals surface area contributed by atoms with Gasteiger partial charge in [0.25, 0.3) is 0 Å². The molecule has 2 aromatic rings. The zero-order valence-electron chi connectivity index (χ0n) is 8.38.